The first-order valence-corrected chi connectivity index (χ1v) is 8.46. The molecule has 23 heavy (non-hydrogen) atoms. The Hall–Kier alpha value is -2.31. The molecule has 2 aromatic carbocycles. The molecule has 0 radical (unpaired) electrons. The molecule has 0 atom stereocenters. The summed E-state index contributed by atoms with van der Waals surface area (Å²) in [5, 5.41) is 0.429. The summed E-state index contributed by atoms with van der Waals surface area (Å²) < 4.78 is 2.42. The van der Waals surface area contributed by atoms with Crippen molar-refractivity contribution < 1.29 is 0 Å². The van der Waals surface area contributed by atoms with Gasteiger partial charge >= 0.3 is 0 Å². The van der Waals surface area contributed by atoms with E-state index in [-0.39, 0.29) is 11.1 Å². The monoisotopic (exact) mass is 384 g/mol. The molecule has 4 rings (SSSR count). The molecule has 0 unspecified atom stereocenters. The Balaban J connectivity index is 2.11. The SMILES string of the molecule is O=c1/c(=C\c2ccccc2)sc2nc3ccc(Br)cc3c(=O)n12. The van der Waals surface area contributed by atoms with E-state index >= 15 is 0 Å². The number of halogens is 1. The summed E-state index contributed by atoms with van der Waals surface area (Å²) in [5.74, 6) is 0. The van der Waals surface area contributed by atoms with Gasteiger partial charge in [-0.05, 0) is 29.8 Å². The Kier molecular flexibility index (Phi) is 3.36. The van der Waals surface area contributed by atoms with Crippen molar-refractivity contribution in [3.05, 3.63) is 83.8 Å². The minimum Gasteiger partial charge on any atom is -0.268 e. The lowest BCUT2D eigenvalue weighted by molar-refractivity contribution is 1.05. The highest BCUT2D eigenvalue weighted by atomic mass is 79.9. The second kappa shape index (κ2) is 5.40. The zero-order valence-electron chi connectivity index (χ0n) is 11.7. The van der Waals surface area contributed by atoms with E-state index in [9.17, 15) is 9.59 Å². The predicted octanol–water partition coefficient (Wildman–Crippen LogP) is 2.58. The lowest BCUT2D eigenvalue weighted by Crippen LogP contribution is -2.31. The number of hydrogen-bond donors (Lipinski definition) is 0. The first-order chi connectivity index (χ1) is 11.1. The molecule has 0 N–H and O–H groups in total. The second-order valence-corrected chi connectivity index (χ2v) is 6.95. The smallest absolute Gasteiger partial charge is 0.268 e. The first kappa shape index (κ1) is 14.3. The van der Waals surface area contributed by atoms with Crippen LogP contribution in [0.3, 0.4) is 0 Å². The number of fused-ring (bicyclic) bond motifs is 2. The molecule has 0 aliphatic heterocycles. The van der Waals surface area contributed by atoms with Crippen molar-refractivity contribution in [2.45, 2.75) is 0 Å². The number of hydrogen-bond acceptors (Lipinski definition) is 4. The van der Waals surface area contributed by atoms with Crippen molar-refractivity contribution >= 4 is 49.2 Å². The van der Waals surface area contributed by atoms with Crippen LogP contribution in [0.5, 0.6) is 0 Å². The van der Waals surface area contributed by atoms with E-state index in [4.69, 9.17) is 0 Å². The van der Waals surface area contributed by atoms with Crippen LogP contribution in [0.2, 0.25) is 0 Å². The van der Waals surface area contributed by atoms with Crippen molar-refractivity contribution in [1.29, 1.82) is 0 Å². The highest BCUT2D eigenvalue weighted by Crippen LogP contribution is 2.16. The molecule has 0 bridgehead atoms. The molecule has 6 heteroatoms. The van der Waals surface area contributed by atoms with Crippen molar-refractivity contribution in [3.63, 3.8) is 0 Å². The summed E-state index contributed by atoms with van der Waals surface area (Å²) in [5.41, 5.74) is 0.843. The van der Waals surface area contributed by atoms with Crippen LogP contribution >= 0.6 is 27.3 Å². The third-order valence-corrected chi connectivity index (χ3v) is 4.97. The molecule has 0 saturated heterocycles. The van der Waals surface area contributed by atoms with E-state index in [1.165, 1.54) is 11.3 Å². The van der Waals surface area contributed by atoms with Gasteiger partial charge < -0.3 is 0 Å². The van der Waals surface area contributed by atoms with Gasteiger partial charge in [0.15, 0.2) is 0 Å². The maximum atomic E-state index is 12.6. The molecule has 2 aromatic heterocycles. The summed E-state index contributed by atoms with van der Waals surface area (Å²) in [6, 6.07) is 14.8. The van der Waals surface area contributed by atoms with E-state index in [2.05, 4.69) is 20.9 Å². The van der Waals surface area contributed by atoms with Gasteiger partial charge in [0, 0.05) is 4.47 Å². The van der Waals surface area contributed by atoms with Crippen molar-refractivity contribution in [2.24, 2.45) is 0 Å². The molecule has 4 aromatic rings. The van der Waals surface area contributed by atoms with Crippen LogP contribution in [-0.4, -0.2) is 9.38 Å². The van der Waals surface area contributed by atoms with E-state index in [1.54, 1.807) is 18.2 Å². The molecule has 2 heterocycles. The van der Waals surface area contributed by atoms with Crippen LogP contribution in [0.15, 0.2) is 62.6 Å². The van der Waals surface area contributed by atoms with Crippen molar-refractivity contribution in [1.82, 2.24) is 9.38 Å². The molecule has 0 aliphatic rings. The Bertz CT molecular complexity index is 1210. The van der Waals surface area contributed by atoms with Crippen LogP contribution in [0.1, 0.15) is 5.56 Å². The van der Waals surface area contributed by atoms with Gasteiger partial charge in [-0.15, -0.1) is 0 Å². The van der Waals surface area contributed by atoms with Gasteiger partial charge in [0.05, 0.1) is 15.4 Å². The zero-order valence-corrected chi connectivity index (χ0v) is 14.1. The Morgan fingerprint density at radius 3 is 2.61 bits per heavy atom. The fourth-order valence-electron chi connectivity index (χ4n) is 2.43. The average molecular weight is 385 g/mol. The van der Waals surface area contributed by atoms with E-state index in [0.717, 1.165) is 14.4 Å². The van der Waals surface area contributed by atoms with Crippen molar-refractivity contribution in [3.8, 4) is 0 Å². The number of rotatable bonds is 1. The van der Waals surface area contributed by atoms with Gasteiger partial charge in [-0.3, -0.25) is 9.59 Å². The third-order valence-electron chi connectivity index (χ3n) is 3.51. The average Bonchev–Trinajstić information content (AvgIpc) is 2.85. The minimum absolute atomic E-state index is 0.326. The summed E-state index contributed by atoms with van der Waals surface area (Å²) in [6.45, 7) is 0. The van der Waals surface area contributed by atoms with Gasteiger partial charge in [-0.2, -0.15) is 0 Å². The normalized spacial score (nSPS) is 12.3. The van der Waals surface area contributed by atoms with Crippen LogP contribution in [0.4, 0.5) is 0 Å². The zero-order chi connectivity index (χ0) is 16.0. The van der Waals surface area contributed by atoms with Gasteiger partial charge in [-0.1, -0.05) is 57.6 Å². The van der Waals surface area contributed by atoms with Crippen LogP contribution in [0, 0.1) is 0 Å². The summed E-state index contributed by atoms with van der Waals surface area (Å²) in [6.07, 6.45) is 1.78. The van der Waals surface area contributed by atoms with Gasteiger partial charge in [0.25, 0.3) is 11.1 Å². The number of benzene rings is 2. The molecule has 0 aliphatic carbocycles. The molecule has 0 fully saturated rings. The highest BCUT2D eigenvalue weighted by Gasteiger charge is 2.11. The van der Waals surface area contributed by atoms with Gasteiger partial charge in [0.1, 0.15) is 0 Å². The van der Waals surface area contributed by atoms with Crippen molar-refractivity contribution in [2.75, 3.05) is 0 Å². The predicted molar refractivity (Wildman–Crippen MR) is 96.0 cm³/mol. The van der Waals surface area contributed by atoms with Gasteiger partial charge in [0.2, 0.25) is 4.96 Å². The third kappa shape index (κ3) is 2.40. The fraction of sp³-hybridized carbons (Fsp3) is 0. The quantitative estimate of drug-likeness (QED) is 0.506. The largest absolute Gasteiger partial charge is 0.277 e. The van der Waals surface area contributed by atoms with Crippen LogP contribution < -0.4 is 15.7 Å². The standard InChI is InChI=1S/C17H9BrN2O2S/c18-11-6-7-13-12(9-11)15(21)20-16(22)14(23-17(20)19-13)8-10-4-2-1-3-5-10/h1-9H/b14-8+. The fourth-order valence-corrected chi connectivity index (χ4v) is 3.76. The Labute approximate surface area is 142 Å². The first-order valence-electron chi connectivity index (χ1n) is 6.85. The Morgan fingerprint density at radius 2 is 1.83 bits per heavy atom. The maximum Gasteiger partial charge on any atom is 0.277 e. The second-order valence-electron chi connectivity index (χ2n) is 5.02. The van der Waals surface area contributed by atoms with Crippen LogP contribution in [-0.2, 0) is 0 Å². The van der Waals surface area contributed by atoms with E-state index in [1.807, 2.05) is 36.4 Å². The molecular weight excluding hydrogens is 376 g/mol. The lowest BCUT2D eigenvalue weighted by Gasteiger charge is -1.97. The molecule has 0 spiro atoms. The number of aromatic nitrogens is 2. The summed E-state index contributed by atoms with van der Waals surface area (Å²) >= 11 is 4.56. The number of thiazole rings is 1. The molecule has 112 valence electrons. The Morgan fingerprint density at radius 1 is 1.04 bits per heavy atom. The maximum absolute atomic E-state index is 12.6. The van der Waals surface area contributed by atoms with Gasteiger partial charge in [-0.25, -0.2) is 9.38 Å². The molecular formula is C17H9BrN2O2S. The highest BCUT2D eigenvalue weighted by molar-refractivity contribution is 9.10. The summed E-state index contributed by atoms with van der Waals surface area (Å²) in [4.78, 5) is 30.1. The topological polar surface area (TPSA) is 51.4 Å². The van der Waals surface area contributed by atoms with E-state index < -0.39 is 0 Å². The lowest BCUT2D eigenvalue weighted by atomic mass is 10.2. The molecule has 4 nitrogen and oxygen atoms in total. The minimum atomic E-state index is -0.333. The molecule has 0 amide bonds. The van der Waals surface area contributed by atoms with E-state index in [0.29, 0.717) is 20.4 Å². The van der Waals surface area contributed by atoms with Crippen LogP contribution in [0.25, 0.3) is 21.9 Å². The molecule has 0 saturated carbocycles. The number of nitrogens with zero attached hydrogens (tertiary/aromatic N) is 2. The summed E-state index contributed by atoms with van der Waals surface area (Å²) in [7, 11) is 0.